The first kappa shape index (κ1) is 20.7. The number of carbonyl (C=O) groups is 2. The molecule has 0 atom stereocenters. The van der Waals surface area contributed by atoms with Crippen LogP contribution in [0.1, 0.15) is 63.4 Å². The Labute approximate surface area is 169 Å². The quantitative estimate of drug-likeness (QED) is 0.700. The number of likely N-dealkylation sites (tertiary alicyclic amines) is 1. The zero-order valence-electron chi connectivity index (χ0n) is 17.0. The van der Waals surface area contributed by atoms with Crippen LogP contribution in [0.2, 0.25) is 0 Å². The average molecular weight is 386 g/mol. The van der Waals surface area contributed by atoms with Crippen molar-refractivity contribution < 1.29 is 9.59 Å². The van der Waals surface area contributed by atoms with E-state index in [1.165, 1.54) is 24.8 Å². The predicted octanol–water partition coefficient (Wildman–Crippen LogP) is 3.88. The van der Waals surface area contributed by atoms with Gasteiger partial charge in [0.15, 0.2) is 0 Å². The van der Waals surface area contributed by atoms with Gasteiger partial charge < -0.3 is 15.5 Å². The summed E-state index contributed by atoms with van der Waals surface area (Å²) in [6, 6.07) is 10.8. The summed E-state index contributed by atoms with van der Waals surface area (Å²) >= 11 is 0. The van der Waals surface area contributed by atoms with Crippen molar-refractivity contribution in [3.8, 4) is 0 Å². The molecule has 0 bridgehead atoms. The number of nitrogens with zero attached hydrogens (tertiary/aromatic N) is 1. The van der Waals surface area contributed by atoms with Crippen molar-refractivity contribution >= 4 is 11.9 Å². The third-order valence-electron chi connectivity index (χ3n) is 6.12. The highest BCUT2D eigenvalue weighted by atomic mass is 16.2. The maximum atomic E-state index is 12.4. The van der Waals surface area contributed by atoms with E-state index in [0.717, 1.165) is 58.2 Å². The van der Waals surface area contributed by atoms with Gasteiger partial charge in [-0.3, -0.25) is 4.79 Å². The molecule has 1 saturated heterocycles. The number of piperidine rings is 1. The van der Waals surface area contributed by atoms with Gasteiger partial charge in [-0.05, 0) is 50.0 Å². The van der Waals surface area contributed by atoms with Crippen molar-refractivity contribution in [1.82, 2.24) is 15.5 Å². The minimum atomic E-state index is 0.0933. The summed E-state index contributed by atoms with van der Waals surface area (Å²) in [6.45, 7) is 2.27. The van der Waals surface area contributed by atoms with E-state index < -0.39 is 0 Å². The highest BCUT2D eigenvalue weighted by Crippen LogP contribution is 2.22. The summed E-state index contributed by atoms with van der Waals surface area (Å²) in [6.07, 6.45) is 10.4. The molecule has 0 unspecified atom stereocenters. The van der Waals surface area contributed by atoms with Crippen LogP contribution in [0.25, 0.3) is 0 Å². The molecule has 2 fully saturated rings. The highest BCUT2D eigenvalue weighted by molar-refractivity contribution is 5.76. The fourth-order valence-corrected chi connectivity index (χ4v) is 4.35. The van der Waals surface area contributed by atoms with Gasteiger partial charge in [0.2, 0.25) is 5.91 Å². The maximum absolute atomic E-state index is 12.4. The van der Waals surface area contributed by atoms with E-state index in [0.29, 0.717) is 18.4 Å². The molecule has 154 valence electrons. The molecule has 1 aromatic carbocycles. The van der Waals surface area contributed by atoms with Crippen molar-refractivity contribution in [3.05, 3.63) is 35.9 Å². The second-order valence-corrected chi connectivity index (χ2v) is 8.36. The molecule has 28 heavy (non-hydrogen) atoms. The number of hydrogen-bond donors (Lipinski definition) is 2. The average Bonchev–Trinajstić information content (AvgIpc) is 2.73. The van der Waals surface area contributed by atoms with Crippen molar-refractivity contribution in [1.29, 1.82) is 0 Å². The third-order valence-corrected chi connectivity index (χ3v) is 6.12. The molecule has 0 aromatic heterocycles. The molecule has 2 N–H and O–H groups in total. The van der Waals surface area contributed by atoms with E-state index in [9.17, 15) is 9.59 Å². The molecule has 1 heterocycles. The molecule has 1 aliphatic carbocycles. The van der Waals surface area contributed by atoms with E-state index >= 15 is 0 Å². The molecule has 1 aliphatic heterocycles. The van der Waals surface area contributed by atoms with Gasteiger partial charge in [0.1, 0.15) is 0 Å². The molecular formula is C23H35N3O2. The van der Waals surface area contributed by atoms with Crippen LogP contribution in [0, 0.1) is 5.92 Å². The van der Waals surface area contributed by atoms with Gasteiger partial charge in [0.05, 0.1) is 0 Å². The maximum Gasteiger partial charge on any atom is 0.317 e. The van der Waals surface area contributed by atoms with Crippen molar-refractivity contribution in [2.45, 2.75) is 70.3 Å². The van der Waals surface area contributed by atoms with Gasteiger partial charge in [0.25, 0.3) is 0 Å². The Bertz CT molecular complexity index is 606. The predicted molar refractivity (Wildman–Crippen MR) is 112 cm³/mol. The Morgan fingerprint density at radius 1 is 0.964 bits per heavy atom. The van der Waals surface area contributed by atoms with Crippen molar-refractivity contribution in [2.75, 3.05) is 19.6 Å². The number of aryl methyl sites for hydroxylation is 1. The van der Waals surface area contributed by atoms with Crippen molar-refractivity contribution in [2.24, 2.45) is 5.92 Å². The number of carbonyl (C=O) groups excluding carboxylic acids is 2. The Hall–Kier alpha value is -2.04. The summed E-state index contributed by atoms with van der Waals surface area (Å²) in [7, 11) is 0. The van der Waals surface area contributed by atoms with Crippen LogP contribution in [-0.4, -0.2) is 42.5 Å². The molecule has 3 rings (SSSR count). The monoisotopic (exact) mass is 385 g/mol. The summed E-state index contributed by atoms with van der Waals surface area (Å²) in [5, 5.41) is 6.26. The van der Waals surface area contributed by atoms with E-state index in [1.807, 2.05) is 11.0 Å². The fraction of sp³-hybridized carbons (Fsp3) is 0.652. The van der Waals surface area contributed by atoms with Crippen LogP contribution in [0.3, 0.4) is 0 Å². The summed E-state index contributed by atoms with van der Waals surface area (Å²) in [4.78, 5) is 26.6. The van der Waals surface area contributed by atoms with Gasteiger partial charge in [0, 0.05) is 32.1 Å². The number of urea groups is 1. The lowest BCUT2D eigenvalue weighted by Gasteiger charge is -2.33. The number of rotatable bonds is 7. The molecule has 1 aromatic rings. The Balaban J connectivity index is 1.27. The van der Waals surface area contributed by atoms with Crippen LogP contribution in [0.5, 0.6) is 0 Å². The lowest BCUT2D eigenvalue weighted by Crippen LogP contribution is -2.48. The Morgan fingerprint density at radius 3 is 2.39 bits per heavy atom. The lowest BCUT2D eigenvalue weighted by atomic mass is 9.93. The zero-order chi connectivity index (χ0) is 19.6. The van der Waals surface area contributed by atoms with Crippen LogP contribution in [-0.2, 0) is 11.2 Å². The minimum Gasteiger partial charge on any atom is -0.356 e. The lowest BCUT2D eigenvalue weighted by molar-refractivity contribution is -0.122. The minimum absolute atomic E-state index is 0.0933. The first-order chi connectivity index (χ1) is 13.7. The third kappa shape index (κ3) is 6.84. The molecule has 0 radical (unpaired) electrons. The van der Waals surface area contributed by atoms with E-state index in [2.05, 4.69) is 34.9 Å². The smallest absolute Gasteiger partial charge is 0.317 e. The number of hydrogen-bond acceptors (Lipinski definition) is 2. The highest BCUT2D eigenvalue weighted by Gasteiger charge is 2.26. The second-order valence-electron chi connectivity index (χ2n) is 8.36. The normalized spacial score (nSPS) is 18.6. The van der Waals surface area contributed by atoms with Gasteiger partial charge in [-0.2, -0.15) is 0 Å². The number of benzene rings is 1. The van der Waals surface area contributed by atoms with Gasteiger partial charge in [-0.1, -0.05) is 49.6 Å². The Kier molecular flexibility index (Phi) is 8.19. The van der Waals surface area contributed by atoms with Crippen LogP contribution in [0.15, 0.2) is 30.3 Å². The van der Waals surface area contributed by atoms with Gasteiger partial charge in [-0.25, -0.2) is 4.79 Å². The largest absolute Gasteiger partial charge is 0.356 e. The van der Waals surface area contributed by atoms with Crippen molar-refractivity contribution in [3.63, 3.8) is 0 Å². The van der Waals surface area contributed by atoms with E-state index in [4.69, 9.17) is 0 Å². The number of nitrogens with one attached hydrogen (secondary N) is 2. The van der Waals surface area contributed by atoms with Gasteiger partial charge in [-0.15, -0.1) is 0 Å². The van der Waals surface area contributed by atoms with E-state index in [1.54, 1.807) is 0 Å². The standard InChI is InChI=1S/C23H35N3O2/c27-22(24-15-7-10-19-8-3-1-4-9-19)18-20-13-16-26(17-14-20)23(28)25-21-11-5-2-6-12-21/h1,3-4,8-9,20-21H,2,5-7,10-18H2,(H,24,27)(H,25,28). The summed E-state index contributed by atoms with van der Waals surface area (Å²) < 4.78 is 0. The number of amides is 3. The molecule has 5 nitrogen and oxygen atoms in total. The first-order valence-corrected chi connectivity index (χ1v) is 11.1. The zero-order valence-corrected chi connectivity index (χ0v) is 17.0. The second kappa shape index (κ2) is 11.1. The molecule has 1 saturated carbocycles. The van der Waals surface area contributed by atoms with Crippen LogP contribution < -0.4 is 10.6 Å². The van der Waals surface area contributed by atoms with Gasteiger partial charge >= 0.3 is 6.03 Å². The molecular weight excluding hydrogens is 350 g/mol. The Morgan fingerprint density at radius 2 is 1.68 bits per heavy atom. The molecule has 0 spiro atoms. The van der Waals surface area contributed by atoms with Crippen LogP contribution in [0.4, 0.5) is 4.79 Å². The summed E-state index contributed by atoms with van der Waals surface area (Å²) in [5.41, 5.74) is 1.32. The van der Waals surface area contributed by atoms with Crippen LogP contribution >= 0.6 is 0 Å². The molecule has 5 heteroatoms. The summed E-state index contributed by atoms with van der Waals surface area (Å²) in [5.74, 6) is 0.547. The van der Waals surface area contributed by atoms with E-state index in [-0.39, 0.29) is 11.9 Å². The molecule has 2 aliphatic rings. The fourth-order valence-electron chi connectivity index (χ4n) is 4.35. The topological polar surface area (TPSA) is 61.4 Å². The SMILES string of the molecule is O=C(CC1CCN(C(=O)NC2CCCCC2)CC1)NCCCc1ccccc1. The molecule has 3 amide bonds. The first-order valence-electron chi connectivity index (χ1n) is 11.1.